The van der Waals surface area contributed by atoms with Gasteiger partial charge in [-0.3, -0.25) is 9.97 Å². The van der Waals surface area contributed by atoms with Crippen LogP contribution in [0.3, 0.4) is 0 Å². The third kappa shape index (κ3) is 2.75. The summed E-state index contributed by atoms with van der Waals surface area (Å²) < 4.78 is 0. The molecule has 1 unspecified atom stereocenters. The molecule has 3 rings (SSSR count). The summed E-state index contributed by atoms with van der Waals surface area (Å²) in [4.78, 5) is 8.82. The van der Waals surface area contributed by atoms with Crippen LogP contribution in [0.5, 0.6) is 0 Å². The van der Waals surface area contributed by atoms with Gasteiger partial charge in [0.05, 0.1) is 16.8 Å². The van der Waals surface area contributed by atoms with Gasteiger partial charge in [-0.2, -0.15) is 0 Å². The maximum absolute atomic E-state index is 6.33. The lowest BCUT2D eigenvalue weighted by molar-refractivity contribution is 0.618. The van der Waals surface area contributed by atoms with Crippen molar-refractivity contribution in [1.82, 2.24) is 15.3 Å². The Bertz CT molecular complexity index is 752. The highest BCUT2D eigenvalue weighted by Crippen LogP contribution is 2.30. The highest BCUT2D eigenvalue weighted by Gasteiger charge is 2.19. The fourth-order valence-corrected chi connectivity index (χ4v) is 2.77. The molecule has 4 heteroatoms. The Morgan fingerprint density at radius 1 is 1.14 bits per heavy atom. The number of rotatable bonds is 4. The molecule has 0 aliphatic heterocycles. The molecule has 1 aromatic carbocycles. The Labute approximate surface area is 129 Å². The van der Waals surface area contributed by atoms with Crippen molar-refractivity contribution in [2.24, 2.45) is 0 Å². The van der Waals surface area contributed by atoms with Crippen LogP contribution in [0.25, 0.3) is 10.8 Å². The summed E-state index contributed by atoms with van der Waals surface area (Å²) in [7, 11) is 0. The SMILES string of the molecule is CCNC(c1ncccc1Cl)c1cncc2ccccc12. The fourth-order valence-electron chi connectivity index (χ4n) is 2.54. The van der Waals surface area contributed by atoms with E-state index in [-0.39, 0.29) is 6.04 Å². The van der Waals surface area contributed by atoms with Crippen LogP contribution in [0.4, 0.5) is 0 Å². The number of hydrogen-bond donors (Lipinski definition) is 1. The molecule has 1 N–H and O–H groups in total. The molecule has 2 heterocycles. The molecule has 106 valence electrons. The summed E-state index contributed by atoms with van der Waals surface area (Å²) in [6.45, 7) is 2.89. The van der Waals surface area contributed by atoms with E-state index in [9.17, 15) is 0 Å². The van der Waals surface area contributed by atoms with Crippen molar-refractivity contribution in [1.29, 1.82) is 0 Å². The lowest BCUT2D eigenvalue weighted by atomic mass is 9.99. The van der Waals surface area contributed by atoms with Crippen LogP contribution >= 0.6 is 11.6 Å². The Hall–Kier alpha value is -1.97. The number of aromatic nitrogens is 2. The number of nitrogens with one attached hydrogen (secondary N) is 1. The monoisotopic (exact) mass is 297 g/mol. The second kappa shape index (κ2) is 6.20. The summed E-state index contributed by atoms with van der Waals surface area (Å²) in [6.07, 6.45) is 5.53. The maximum atomic E-state index is 6.33. The quantitative estimate of drug-likeness (QED) is 0.791. The van der Waals surface area contributed by atoms with E-state index >= 15 is 0 Å². The van der Waals surface area contributed by atoms with Crippen molar-refractivity contribution >= 4 is 22.4 Å². The van der Waals surface area contributed by atoms with E-state index < -0.39 is 0 Å². The van der Waals surface area contributed by atoms with E-state index in [1.807, 2.05) is 36.7 Å². The van der Waals surface area contributed by atoms with Crippen molar-refractivity contribution in [3.8, 4) is 0 Å². The molecule has 3 aromatic rings. The van der Waals surface area contributed by atoms with Gasteiger partial charge in [-0.1, -0.05) is 42.8 Å². The first kappa shape index (κ1) is 14.0. The van der Waals surface area contributed by atoms with Crippen LogP contribution in [0.15, 0.2) is 55.0 Å². The molecule has 0 aliphatic carbocycles. The lowest BCUT2D eigenvalue weighted by Crippen LogP contribution is -2.23. The lowest BCUT2D eigenvalue weighted by Gasteiger charge is -2.20. The minimum absolute atomic E-state index is 0.0673. The topological polar surface area (TPSA) is 37.8 Å². The number of benzene rings is 1. The molecule has 2 aromatic heterocycles. The van der Waals surface area contributed by atoms with Gasteiger partial charge in [0, 0.05) is 29.5 Å². The zero-order chi connectivity index (χ0) is 14.7. The second-order valence-corrected chi connectivity index (χ2v) is 5.22. The molecule has 0 spiro atoms. The number of halogens is 1. The molecule has 0 fully saturated rings. The molecule has 0 saturated heterocycles. The average molecular weight is 298 g/mol. The minimum Gasteiger partial charge on any atom is -0.305 e. The summed E-state index contributed by atoms with van der Waals surface area (Å²) in [5.74, 6) is 0. The van der Waals surface area contributed by atoms with E-state index in [2.05, 4.69) is 34.3 Å². The maximum Gasteiger partial charge on any atom is 0.0805 e. The van der Waals surface area contributed by atoms with Crippen LogP contribution in [-0.2, 0) is 0 Å². The van der Waals surface area contributed by atoms with E-state index in [4.69, 9.17) is 11.6 Å². The molecule has 1 atom stereocenters. The summed E-state index contributed by atoms with van der Waals surface area (Å²) in [6, 6.07) is 11.9. The predicted molar refractivity (Wildman–Crippen MR) is 86.5 cm³/mol. The molecule has 0 aliphatic rings. The molecule has 0 amide bonds. The second-order valence-electron chi connectivity index (χ2n) is 4.81. The van der Waals surface area contributed by atoms with Gasteiger partial charge < -0.3 is 5.32 Å². The van der Waals surface area contributed by atoms with E-state index in [1.54, 1.807) is 6.20 Å². The molecule has 0 saturated carbocycles. The van der Waals surface area contributed by atoms with Crippen molar-refractivity contribution in [2.45, 2.75) is 13.0 Å². The number of nitrogens with zero attached hydrogens (tertiary/aromatic N) is 2. The first-order chi connectivity index (χ1) is 10.3. The van der Waals surface area contributed by atoms with Crippen molar-refractivity contribution in [3.05, 3.63) is 71.3 Å². The average Bonchev–Trinajstić information content (AvgIpc) is 2.53. The van der Waals surface area contributed by atoms with E-state index in [1.165, 1.54) is 5.39 Å². The zero-order valence-electron chi connectivity index (χ0n) is 11.8. The number of pyridine rings is 2. The highest BCUT2D eigenvalue weighted by molar-refractivity contribution is 6.31. The first-order valence-electron chi connectivity index (χ1n) is 6.97. The third-order valence-electron chi connectivity index (χ3n) is 3.48. The van der Waals surface area contributed by atoms with Crippen molar-refractivity contribution in [2.75, 3.05) is 6.54 Å². The van der Waals surface area contributed by atoms with Crippen molar-refractivity contribution < 1.29 is 0 Å². The van der Waals surface area contributed by atoms with Gasteiger partial charge in [0.25, 0.3) is 0 Å². The van der Waals surface area contributed by atoms with Crippen LogP contribution in [0.2, 0.25) is 5.02 Å². The summed E-state index contributed by atoms with van der Waals surface area (Å²) in [5, 5.41) is 6.41. The van der Waals surface area contributed by atoms with Gasteiger partial charge >= 0.3 is 0 Å². The standard InChI is InChI=1S/C17H16ClN3/c1-2-20-16(17-15(18)8-5-9-21-17)14-11-19-10-12-6-3-4-7-13(12)14/h3-11,16,20H,2H2,1H3. The van der Waals surface area contributed by atoms with Crippen LogP contribution < -0.4 is 5.32 Å². The van der Waals surface area contributed by atoms with E-state index in [0.29, 0.717) is 5.02 Å². The Morgan fingerprint density at radius 2 is 2.00 bits per heavy atom. The molecule has 3 nitrogen and oxygen atoms in total. The van der Waals surface area contributed by atoms with Gasteiger partial charge in [0.2, 0.25) is 0 Å². The van der Waals surface area contributed by atoms with E-state index in [0.717, 1.165) is 23.2 Å². The van der Waals surface area contributed by atoms with Gasteiger partial charge in [-0.25, -0.2) is 0 Å². The Balaban J connectivity index is 2.19. The smallest absolute Gasteiger partial charge is 0.0805 e. The molecule has 0 bridgehead atoms. The third-order valence-corrected chi connectivity index (χ3v) is 3.80. The Kier molecular flexibility index (Phi) is 4.13. The van der Waals surface area contributed by atoms with Crippen LogP contribution in [0, 0.1) is 0 Å². The molecular weight excluding hydrogens is 282 g/mol. The summed E-state index contributed by atoms with van der Waals surface area (Å²) in [5.41, 5.74) is 1.93. The highest BCUT2D eigenvalue weighted by atomic mass is 35.5. The molecular formula is C17H16ClN3. The normalized spacial score (nSPS) is 12.5. The van der Waals surface area contributed by atoms with Crippen LogP contribution in [-0.4, -0.2) is 16.5 Å². The molecule has 0 radical (unpaired) electrons. The molecule has 21 heavy (non-hydrogen) atoms. The number of hydrogen-bond acceptors (Lipinski definition) is 3. The fraction of sp³-hybridized carbons (Fsp3) is 0.176. The van der Waals surface area contributed by atoms with Gasteiger partial charge in [-0.05, 0) is 24.1 Å². The first-order valence-corrected chi connectivity index (χ1v) is 7.35. The van der Waals surface area contributed by atoms with Crippen LogP contribution in [0.1, 0.15) is 24.2 Å². The van der Waals surface area contributed by atoms with Crippen molar-refractivity contribution in [3.63, 3.8) is 0 Å². The Morgan fingerprint density at radius 3 is 2.81 bits per heavy atom. The zero-order valence-corrected chi connectivity index (χ0v) is 12.5. The van der Waals surface area contributed by atoms with Gasteiger partial charge in [0.15, 0.2) is 0 Å². The van der Waals surface area contributed by atoms with Gasteiger partial charge in [0.1, 0.15) is 0 Å². The minimum atomic E-state index is -0.0673. The predicted octanol–water partition coefficient (Wildman–Crippen LogP) is 3.98. The number of fused-ring (bicyclic) bond motifs is 1. The van der Waals surface area contributed by atoms with Gasteiger partial charge in [-0.15, -0.1) is 0 Å². The largest absolute Gasteiger partial charge is 0.305 e. The summed E-state index contributed by atoms with van der Waals surface area (Å²) >= 11 is 6.33.